The SMILES string of the molecule is Cc1ccc(Cc2[nH]c(=O)ncc2Cl)o1. The second-order valence-corrected chi connectivity index (χ2v) is 3.61. The van der Waals surface area contributed by atoms with E-state index in [1.54, 1.807) is 0 Å². The molecule has 0 aromatic carbocycles. The number of aromatic amines is 1. The van der Waals surface area contributed by atoms with Gasteiger partial charge in [-0.15, -0.1) is 0 Å². The highest BCUT2D eigenvalue weighted by molar-refractivity contribution is 6.31. The van der Waals surface area contributed by atoms with Crippen LogP contribution in [-0.4, -0.2) is 9.97 Å². The van der Waals surface area contributed by atoms with Gasteiger partial charge in [0.05, 0.1) is 11.2 Å². The van der Waals surface area contributed by atoms with Crippen LogP contribution in [0.5, 0.6) is 0 Å². The fraction of sp³-hybridized carbons (Fsp3) is 0.200. The number of H-pyrrole nitrogens is 1. The van der Waals surface area contributed by atoms with Gasteiger partial charge in [-0.25, -0.2) is 9.78 Å². The molecule has 0 unspecified atom stereocenters. The number of aromatic nitrogens is 2. The van der Waals surface area contributed by atoms with Gasteiger partial charge < -0.3 is 9.40 Å². The van der Waals surface area contributed by atoms with Crippen molar-refractivity contribution in [2.24, 2.45) is 0 Å². The molecule has 0 aliphatic rings. The predicted molar refractivity (Wildman–Crippen MR) is 56.1 cm³/mol. The molecule has 0 saturated heterocycles. The van der Waals surface area contributed by atoms with Crippen LogP contribution in [-0.2, 0) is 6.42 Å². The molecule has 0 aliphatic heterocycles. The molecule has 0 radical (unpaired) electrons. The smallest absolute Gasteiger partial charge is 0.345 e. The highest BCUT2D eigenvalue weighted by atomic mass is 35.5. The van der Waals surface area contributed by atoms with Gasteiger partial charge in [-0.2, -0.15) is 0 Å². The Morgan fingerprint density at radius 1 is 1.53 bits per heavy atom. The maximum absolute atomic E-state index is 11.0. The standard InChI is InChI=1S/C10H9ClN2O2/c1-6-2-3-7(15-6)4-9-8(11)5-12-10(14)13-9/h2-3,5H,4H2,1H3,(H,12,13,14). The Kier molecular flexibility index (Phi) is 2.60. The zero-order valence-corrected chi connectivity index (χ0v) is 8.84. The molecule has 78 valence electrons. The molecule has 1 N–H and O–H groups in total. The minimum absolute atomic E-state index is 0.405. The summed E-state index contributed by atoms with van der Waals surface area (Å²) in [7, 11) is 0. The average Bonchev–Trinajstić information content (AvgIpc) is 2.58. The Bertz CT molecular complexity index is 530. The van der Waals surface area contributed by atoms with Crippen molar-refractivity contribution in [3.8, 4) is 0 Å². The number of aryl methyl sites for hydroxylation is 1. The first kappa shape index (κ1) is 9.98. The van der Waals surface area contributed by atoms with Crippen LogP contribution in [0.2, 0.25) is 5.02 Å². The summed E-state index contributed by atoms with van der Waals surface area (Å²) in [6, 6.07) is 3.72. The summed E-state index contributed by atoms with van der Waals surface area (Å²) in [4.78, 5) is 17.1. The van der Waals surface area contributed by atoms with Crippen molar-refractivity contribution in [3.63, 3.8) is 0 Å². The van der Waals surface area contributed by atoms with Crippen LogP contribution >= 0.6 is 11.6 Å². The Balaban J connectivity index is 2.31. The number of hydrogen-bond donors (Lipinski definition) is 1. The number of halogens is 1. The molecule has 2 rings (SSSR count). The maximum Gasteiger partial charge on any atom is 0.345 e. The molecule has 2 aromatic rings. The lowest BCUT2D eigenvalue weighted by atomic mass is 10.2. The molecular weight excluding hydrogens is 216 g/mol. The van der Waals surface area contributed by atoms with Gasteiger partial charge in [0.1, 0.15) is 11.5 Å². The van der Waals surface area contributed by atoms with E-state index < -0.39 is 5.69 Å². The number of hydrogen-bond acceptors (Lipinski definition) is 3. The van der Waals surface area contributed by atoms with Crippen molar-refractivity contribution >= 4 is 11.6 Å². The zero-order valence-electron chi connectivity index (χ0n) is 8.08. The van der Waals surface area contributed by atoms with Gasteiger partial charge in [-0.1, -0.05) is 11.6 Å². The fourth-order valence-electron chi connectivity index (χ4n) is 1.30. The van der Waals surface area contributed by atoms with Crippen molar-refractivity contribution in [2.45, 2.75) is 13.3 Å². The van der Waals surface area contributed by atoms with E-state index in [0.29, 0.717) is 17.1 Å². The summed E-state index contributed by atoms with van der Waals surface area (Å²) in [6.07, 6.45) is 1.80. The van der Waals surface area contributed by atoms with Crippen molar-refractivity contribution < 1.29 is 4.42 Å². The minimum Gasteiger partial charge on any atom is -0.466 e. The molecule has 5 heteroatoms. The van der Waals surface area contributed by atoms with Crippen molar-refractivity contribution in [1.29, 1.82) is 0 Å². The van der Waals surface area contributed by atoms with E-state index in [4.69, 9.17) is 16.0 Å². The van der Waals surface area contributed by atoms with Crippen LogP contribution in [0.15, 0.2) is 27.5 Å². The molecule has 4 nitrogen and oxygen atoms in total. The van der Waals surface area contributed by atoms with Crippen LogP contribution < -0.4 is 5.69 Å². The monoisotopic (exact) mass is 224 g/mol. The summed E-state index contributed by atoms with van der Waals surface area (Å²) in [5, 5.41) is 0.434. The maximum atomic E-state index is 11.0. The summed E-state index contributed by atoms with van der Waals surface area (Å²) >= 11 is 5.88. The van der Waals surface area contributed by atoms with Crippen molar-refractivity contribution in [2.75, 3.05) is 0 Å². The number of nitrogens with zero attached hydrogens (tertiary/aromatic N) is 1. The van der Waals surface area contributed by atoms with E-state index >= 15 is 0 Å². The van der Waals surface area contributed by atoms with Crippen LogP contribution in [0, 0.1) is 6.92 Å². The van der Waals surface area contributed by atoms with Gasteiger partial charge in [0.15, 0.2) is 0 Å². The second kappa shape index (κ2) is 3.90. The van der Waals surface area contributed by atoms with E-state index in [2.05, 4.69) is 9.97 Å². The van der Waals surface area contributed by atoms with Gasteiger partial charge in [0.2, 0.25) is 0 Å². The summed E-state index contributed by atoms with van der Waals surface area (Å²) < 4.78 is 5.38. The van der Waals surface area contributed by atoms with Crippen LogP contribution in [0.1, 0.15) is 17.2 Å². The molecule has 2 heterocycles. The summed E-state index contributed by atoms with van der Waals surface area (Å²) in [5.74, 6) is 1.59. The molecule has 2 aromatic heterocycles. The van der Waals surface area contributed by atoms with Gasteiger partial charge in [0, 0.05) is 12.1 Å². The average molecular weight is 225 g/mol. The number of rotatable bonds is 2. The molecule has 0 bridgehead atoms. The largest absolute Gasteiger partial charge is 0.466 e. The number of nitrogens with one attached hydrogen (secondary N) is 1. The zero-order chi connectivity index (χ0) is 10.8. The molecular formula is C10H9ClN2O2. The third-order valence-electron chi connectivity index (χ3n) is 1.99. The van der Waals surface area contributed by atoms with E-state index in [1.165, 1.54) is 6.20 Å². The van der Waals surface area contributed by atoms with Gasteiger partial charge in [0.25, 0.3) is 0 Å². The van der Waals surface area contributed by atoms with Gasteiger partial charge in [-0.05, 0) is 19.1 Å². The van der Waals surface area contributed by atoms with E-state index in [1.807, 2.05) is 19.1 Å². The Labute approximate surface area is 90.9 Å². The van der Waals surface area contributed by atoms with E-state index in [-0.39, 0.29) is 0 Å². The minimum atomic E-state index is -0.405. The summed E-state index contributed by atoms with van der Waals surface area (Å²) in [6.45, 7) is 1.86. The molecule has 0 aliphatic carbocycles. The fourth-order valence-corrected chi connectivity index (χ4v) is 1.46. The predicted octanol–water partition coefficient (Wildman–Crippen LogP) is 1.92. The topological polar surface area (TPSA) is 58.9 Å². The molecule has 0 spiro atoms. The van der Waals surface area contributed by atoms with Crippen LogP contribution in [0.4, 0.5) is 0 Å². The third kappa shape index (κ3) is 2.27. The molecule has 0 atom stereocenters. The molecule has 0 fully saturated rings. The third-order valence-corrected chi connectivity index (χ3v) is 2.31. The first-order valence-corrected chi connectivity index (χ1v) is 4.82. The van der Waals surface area contributed by atoms with E-state index in [0.717, 1.165) is 11.5 Å². The van der Waals surface area contributed by atoms with E-state index in [9.17, 15) is 4.79 Å². The number of furan rings is 1. The Morgan fingerprint density at radius 3 is 3.00 bits per heavy atom. The van der Waals surface area contributed by atoms with Crippen LogP contribution in [0.25, 0.3) is 0 Å². The van der Waals surface area contributed by atoms with Crippen molar-refractivity contribution in [1.82, 2.24) is 9.97 Å². The second-order valence-electron chi connectivity index (χ2n) is 3.20. The van der Waals surface area contributed by atoms with Crippen LogP contribution in [0.3, 0.4) is 0 Å². The molecule has 0 amide bonds. The first-order valence-electron chi connectivity index (χ1n) is 4.44. The first-order chi connectivity index (χ1) is 7.15. The quantitative estimate of drug-likeness (QED) is 0.848. The Morgan fingerprint density at radius 2 is 2.33 bits per heavy atom. The highest BCUT2D eigenvalue weighted by Crippen LogP contribution is 2.16. The Hall–Kier alpha value is -1.55. The summed E-state index contributed by atoms with van der Waals surface area (Å²) in [5.41, 5.74) is 0.212. The lowest BCUT2D eigenvalue weighted by molar-refractivity contribution is 0.491. The normalized spacial score (nSPS) is 10.5. The lowest BCUT2D eigenvalue weighted by Crippen LogP contribution is -2.12. The molecule has 0 saturated carbocycles. The lowest BCUT2D eigenvalue weighted by Gasteiger charge is -2.00. The van der Waals surface area contributed by atoms with Crippen molar-refractivity contribution in [3.05, 3.63) is 51.1 Å². The molecule has 15 heavy (non-hydrogen) atoms. The highest BCUT2D eigenvalue weighted by Gasteiger charge is 2.06. The van der Waals surface area contributed by atoms with Gasteiger partial charge >= 0.3 is 5.69 Å². The van der Waals surface area contributed by atoms with Gasteiger partial charge in [-0.3, -0.25) is 0 Å².